The Balaban J connectivity index is 1.76. The summed E-state index contributed by atoms with van der Waals surface area (Å²) in [5.74, 6) is 0.860. The van der Waals surface area contributed by atoms with Gasteiger partial charge in [0, 0.05) is 29.8 Å². The number of pyridine rings is 1. The molecular formula is C20H22N2O2. The Morgan fingerprint density at radius 3 is 2.54 bits per heavy atom. The number of aromatic nitrogens is 1. The fourth-order valence-electron chi connectivity index (χ4n) is 3.66. The van der Waals surface area contributed by atoms with Gasteiger partial charge in [-0.25, -0.2) is 0 Å². The van der Waals surface area contributed by atoms with Gasteiger partial charge in [-0.15, -0.1) is 0 Å². The first-order valence-corrected chi connectivity index (χ1v) is 8.61. The molecule has 1 fully saturated rings. The zero-order chi connectivity index (χ0) is 16.5. The Morgan fingerprint density at radius 1 is 1.00 bits per heavy atom. The second-order valence-electron chi connectivity index (χ2n) is 6.46. The van der Waals surface area contributed by atoms with E-state index in [9.17, 15) is 4.79 Å². The molecule has 2 aromatic carbocycles. The van der Waals surface area contributed by atoms with Crippen LogP contribution in [-0.2, 0) is 7.05 Å². The minimum absolute atomic E-state index is 0.0346. The lowest BCUT2D eigenvalue weighted by molar-refractivity contribution is 0.239. The molecule has 0 bridgehead atoms. The number of likely N-dealkylation sites (tertiary alicyclic amines) is 1. The summed E-state index contributed by atoms with van der Waals surface area (Å²) in [6.07, 6.45) is 2.59. The van der Waals surface area contributed by atoms with E-state index >= 15 is 0 Å². The largest absolute Gasteiger partial charge is 0.492 e. The van der Waals surface area contributed by atoms with Crippen LogP contribution >= 0.6 is 0 Å². The third-order valence-corrected chi connectivity index (χ3v) is 4.96. The van der Waals surface area contributed by atoms with Crippen molar-refractivity contribution in [1.29, 1.82) is 0 Å². The third-order valence-electron chi connectivity index (χ3n) is 4.96. The summed E-state index contributed by atoms with van der Waals surface area (Å²) in [7, 11) is 1.82. The quantitative estimate of drug-likeness (QED) is 0.692. The van der Waals surface area contributed by atoms with Crippen molar-refractivity contribution in [3.63, 3.8) is 0 Å². The van der Waals surface area contributed by atoms with Crippen LogP contribution in [0.15, 0.2) is 47.3 Å². The highest BCUT2D eigenvalue weighted by atomic mass is 16.5. The number of hydrogen-bond acceptors (Lipinski definition) is 3. The van der Waals surface area contributed by atoms with E-state index in [4.69, 9.17) is 4.74 Å². The SMILES string of the molecule is Cn1c(=O)c2ccccc2c2c(OCCN3CCCC3)cccc21. The van der Waals surface area contributed by atoms with E-state index in [1.807, 2.05) is 49.5 Å². The van der Waals surface area contributed by atoms with Gasteiger partial charge < -0.3 is 9.30 Å². The van der Waals surface area contributed by atoms with Gasteiger partial charge in [0.1, 0.15) is 12.4 Å². The highest BCUT2D eigenvalue weighted by molar-refractivity contribution is 6.08. The molecule has 0 saturated carbocycles. The molecule has 124 valence electrons. The lowest BCUT2D eigenvalue weighted by atomic mass is 10.1. The topological polar surface area (TPSA) is 34.5 Å². The molecule has 0 atom stereocenters. The maximum Gasteiger partial charge on any atom is 0.258 e. The summed E-state index contributed by atoms with van der Waals surface area (Å²) in [4.78, 5) is 15.0. The minimum Gasteiger partial charge on any atom is -0.492 e. The maximum atomic E-state index is 12.6. The van der Waals surface area contributed by atoms with Crippen LogP contribution in [0.2, 0.25) is 0 Å². The van der Waals surface area contributed by atoms with Gasteiger partial charge in [0.15, 0.2) is 0 Å². The molecule has 4 nitrogen and oxygen atoms in total. The van der Waals surface area contributed by atoms with Gasteiger partial charge >= 0.3 is 0 Å². The van der Waals surface area contributed by atoms with E-state index in [1.165, 1.54) is 25.9 Å². The first-order valence-electron chi connectivity index (χ1n) is 8.61. The van der Waals surface area contributed by atoms with Crippen LogP contribution < -0.4 is 10.3 Å². The molecule has 1 aliphatic heterocycles. The molecule has 1 aliphatic rings. The number of rotatable bonds is 4. The van der Waals surface area contributed by atoms with Gasteiger partial charge in [0.25, 0.3) is 5.56 Å². The van der Waals surface area contributed by atoms with Gasteiger partial charge in [-0.3, -0.25) is 9.69 Å². The fraction of sp³-hybridized carbons (Fsp3) is 0.350. The second-order valence-corrected chi connectivity index (χ2v) is 6.46. The molecule has 0 radical (unpaired) electrons. The van der Waals surface area contributed by atoms with E-state index in [1.54, 1.807) is 4.57 Å². The van der Waals surface area contributed by atoms with E-state index < -0.39 is 0 Å². The Bertz CT molecular complexity index is 939. The Labute approximate surface area is 141 Å². The molecule has 1 aromatic heterocycles. The van der Waals surface area contributed by atoms with Crippen LogP contribution in [-0.4, -0.2) is 35.7 Å². The molecule has 0 amide bonds. The number of aryl methyl sites for hydroxylation is 1. The lowest BCUT2D eigenvalue weighted by Crippen LogP contribution is -2.25. The zero-order valence-corrected chi connectivity index (χ0v) is 14.0. The number of benzene rings is 2. The number of ether oxygens (including phenoxy) is 1. The van der Waals surface area contributed by atoms with Gasteiger partial charge in [-0.05, 0) is 44.1 Å². The van der Waals surface area contributed by atoms with Crippen LogP contribution in [0, 0.1) is 0 Å². The average molecular weight is 322 g/mol. The summed E-state index contributed by atoms with van der Waals surface area (Å²) >= 11 is 0. The van der Waals surface area contributed by atoms with Gasteiger partial charge in [-0.2, -0.15) is 0 Å². The molecule has 2 heterocycles. The average Bonchev–Trinajstić information content (AvgIpc) is 3.13. The molecular weight excluding hydrogens is 300 g/mol. The molecule has 4 rings (SSSR count). The van der Waals surface area contributed by atoms with Crippen molar-refractivity contribution in [2.75, 3.05) is 26.2 Å². The summed E-state index contributed by atoms with van der Waals surface area (Å²) in [6.45, 7) is 3.99. The number of fused-ring (bicyclic) bond motifs is 3. The summed E-state index contributed by atoms with van der Waals surface area (Å²) in [5, 5.41) is 2.73. The number of hydrogen-bond donors (Lipinski definition) is 0. The highest BCUT2D eigenvalue weighted by Gasteiger charge is 2.14. The van der Waals surface area contributed by atoms with Crippen molar-refractivity contribution in [3.8, 4) is 5.75 Å². The van der Waals surface area contributed by atoms with Gasteiger partial charge in [-0.1, -0.05) is 24.3 Å². The summed E-state index contributed by atoms with van der Waals surface area (Å²) < 4.78 is 7.84. The first-order chi connectivity index (χ1) is 11.8. The van der Waals surface area contributed by atoms with E-state index in [2.05, 4.69) is 4.90 Å². The monoisotopic (exact) mass is 322 g/mol. The van der Waals surface area contributed by atoms with Crippen molar-refractivity contribution >= 4 is 21.7 Å². The lowest BCUT2D eigenvalue weighted by Gasteiger charge is -2.17. The smallest absolute Gasteiger partial charge is 0.258 e. The van der Waals surface area contributed by atoms with Crippen molar-refractivity contribution in [2.45, 2.75) is 12.8 Å². The summed E-state index contributed by atoms with van der Waals surface area (Å²) in [6, 6.07) is 13.7. The van der Waals surface area contributed by atoms with Gasteiger partial charge in [0.2, 0.25) is 0 Å². The number of nitrogens with zero attached hydrogens (tertiary/aromatic N) is 2. The molecule has 24 heavy (non-hydrogen) atoms. The Morgan fingerprint density at radius 2 is 1.75 bits per heavy atom. The van der Waals surface area contributed by atoms with E-state index in [-0.39, 0.29) is 5.56 Å². The van der Waals surface area contributed by atoms with Crippen LogP contribution in [0.25, 0.3) is 21.7 Å². The Hall–Kier alpha value is -2.33. The normalized spacial score (nSPS) is 15.4. The van der Waals surface area contributed by atoms with Crippen LogP contribution in [0.5, 0.6) is 5.75 Å². The molecule has 4 heteroatoms. The van der Waals surface area contributed by atoms with Crippen LogP contribution in [0.4, 0.5) is 0 Å². The Kier molecular flexibility index (Phi) is 3.98. The zero-order valence-electron chi connectivity index (χ0n) is 14.0. The van der Waals surface area contributed by atoms with Crippen molar-refractivity contribution < 1.29 is 4.74 Å². The molecule has 0 spiro atoms. The molecule has 0 aliphatic carbocycles. The molecule has 1 saturated heterocycles. The minimum atomic E-state index is 0.0346. The van der Waals surface area contributed by atoms with Crippen LogP contribution in [0.1, 0.15) is 12.8 Å². The van der Waals surface area contributed by atoms with E-state index in [0.29, 0.717) is 6.61 Å². The van der Waals surface area contributed by atoms with Crippen molar-refractivity contribution in [3.05, 3.63) is 52.8 Å². The van der Waals surface area contributed by atoms with Crippen molar-refractivity contribution in [2.24, 2.45) is 7.05 Å². The standard InChI is InChI=1S/C20H22N2O2/c1-21-17-9-6-10-18(24-14-13-22-11-4-5-12-22)19(17)15-7-2-3-8-16(15)20(21)23/h2-3,6-10H,4-5,11-14H2,1H3. The first kappa shape index (κ1) is 15.2. The summed E-state index contributed by atoms with van der Waals surface area (Å²) in [5.41, 5.74) is 0.949. The van der Waals surface area contributed by atoms with Crippen molar-refractivity contribution in [1.82, 2.24) is 9.47 Å². The third kappa shape index (κ3) is 2.57. The maximum absolute atomic E-state index is 12.6. The van der Waals surface area contributed by atoms with Gasteiger partial charge in [0.05, 0.1) is 5.52 Å². The molecule has 0 N–H and O–H groups in total. The predicted molar refractivity (Wildman–Crippen MR) is 97.9 cm³/mol. The highest BCUT2D eigenvalue weighted by Crippen LogP contribution is 2.31. The fourth-order valence-corrected chi connectivity index (χ4v) is 3.66. The second kappa shape index (κ2) is 6.29. The molecule has 3 aromatic rings. The molecule has 0 unspecified atom stereocenters. The predicted octanol–water partition coefficient (Wildman–Crippen LogP) is 3.17. The van der Waals surface area contributed by atoms with Crippen LogP contribution in [0.3, 0.4) is 0 Å². The van der Waals surface area contributed by atoms with E-state index in [0.717, 1.165) is 34.0 Å².